The zero-order valence-corrected chi connectivity index (χ0v) is 36.8. The molecule has 13 rings (SSSR count). The molecule has 0 unspecified atom stereocenters. The summed E-state index contributed by atoms with van der Waals surface area (Å²) < 4.78 is 1.15. The van der Waals surface area contributed by atoms with Crippen molar-refractivity contribution in [2.45, 2.75) is 0 Å². The SMILES string of the molecule is c1ccc2ncc(-c3cc(-c4cc(-c5cc(-c6cnc7ccccc7c6)cc(-c6cnc7ccccc7c6)c5)cc(-c5nc6ccccc6s5)c4)cc(-c4cnc5ccccc5c4)c3)cc2c1. The second-order valence-electron chi connectivity index (χ2n) is 17.1. The van der Waals surface area contributed by atoms with Gasteiger partial charge in [-0.3, -0.25) is 19.9 Å². The first kappa shape index (κ1) is 38.7. The van der Waals surface area contributed by atoms with Crippen LogP contribution in [0.1, 0.15) is 0 Å². The Hall–Kier alpha value is -8.71. The number of hydrogen-bond acceptors (Lipinski definition) is 6. The maximum absolute atomic E-state index is 5.21. The van der Waals surface area contributed by atoms with Crippen LogP contribution >= 0.6 is 11.3 Å². The Kier molecular flexibility index (Phi) is 9.29. The van der Waals surface area contributed by atoms with Crippen molar-refractivity contribution >= 4 is 65.2 Å². The summed E-state index contributed by atoms with van der Waals surface area (Å²) in [6, 6.07) is 71.2. The van der Waals surface area contributed by atoms with Crippen LogP contribution in [0.4, 0.5) is 0 Å². The number of para-hydroxylation sites is 5. The van der Waals surface area contributed by atoms with Gasteiger partial charge in [0.1, 0.15) is 5.01 Å². The number of hydrogen-bond donors (Lipinski definition) is 0. The highest BCUT2D eigenvalue weighted by Crippen LogP contribution is 2.42. The lowest BCUT2D eigenvalue weighted by Gasteiger charge is -2.16. The van der Waals surface area contributed by atoms with Crippen molar-refractivity contribution in [3.8, 4) is 77.3 Å². The second kappa shape index (κ2) is 16.1. The van der Waals surface area contributed by atoms with Gasteiger partial charge >= 0.3 is 0 Å². The van der Waals surface area contributed by atoms with Gasteiger partial charge < -0.3 is 0 Å². The van der Waals surface area contributed by atoms with E-state index in [1.807, 2.05) is 49.1 Å². The molecular weight excluding hydrogens is 835 g/mol. The molecule has 0 saturated heterocycles. The molecule has 0 fully saturated rings. The van der Waals surface area contributed by atoms with Gasteiger partial charge in [0.15, 0.2) is 0 Å². The normalized spacial score (nSPS) is 11.6. The topological polar surface area (TPSA) is 64.5 Å². The quantitative estimate of drug-likeness (QED) is 0.160. The number of thiazole rings is 1. The number of rotatable bonds is 7. The fraction of sp³-hybridized carbons (Fsp3) is 0. The molecule has 0 aliphatic rings. The third-order valence-electron chi connectivity index (χ3n) is 12.7. The molecule has 5 aromatic heterocycles. The molecule has 8 aromatic carbocycles. The van der Waals surface area contributed by atoms with Crippen LogP contribution in [0.3, 0.4) is 0 Å². The van der Waals surface area contributed by atoms with E-state index < -0.39 is 0 Å². The minimum absolute atomic E-state index is 0.965. The van der Waals surface area contributed by atoms with Crippen LogP contribution < -0.4 is 0 Å². The van der Waals surface area contributed by atoms with Gasteiger partial charge in [0.05, 0.1) is 32.3 Å². The van der Waals surface area contributed by atoms with Gasteiger partial charge in [-0.2, -0.15) is 0 Å². The predicted octanol–water partition coefficient (Wildman–Crippen LogP) is 16.2. The number of aromatic nitrogens is 5. The molecule has 0 aliphatic carbocycles. The van der Waals surface area contributed by atoms with E-state index in [1.54, 1.807) is 11.3 Å². The standard InChI is InChI=1S/C61H37N5S/c1-5-15-55-38(11-1)21-51(34-62-55)46-26-42(27-47(30-46)52-22-39-12-2-6-16-56(39)63-35-52)44-25-45(33-50(32-44)61-66-59-19-9-10-20-60(59)67-61)43-28-48(53-23-40-13-3-7-17-57(40)64-36-53)31-49(29-43)54-24-41-14-4-8-18-58(41)65-37-54/h1-37H. The summed E-state index contributed by atoms with van der Waals surface area (Å²) in [6.07, 6.45) is 7.96. The third-order valence-corrected chi connectivity index (χ3v) is 13.8. The first-order chi connectivity index (χ1) is 33.1. The van der Waals surface area contributed by atoms with Gasteiger partial charge in [-0.15, -0.1) is 11.3 Å². The van der Waals surface area contributed by atoms with E-state index in [0.717, 1.165) is 131 Å². The van der Waals surface area contributed by atoms with Crippen LogP contribution in [-0.2, 0) is 0 Å². The molecule has 13 aromatic rings. The molecule has 0 bridgehead atoms. The molecule has 0 radical (unpaired) electrons. The predicted molar refractivity (Wildman–Crippen MR) is 279 cm³/mol. The van der Waals surface area contributed by atoms with E-state index in [4.69, 9.17) is 24.9 Å². The van der Waals surface area contributed by atoms with Gasteiger partial charge in [0.25, 0.3) is 0 Å². The largest absolute Gasteiger partial charge is 0.256 e. The lowest BCUT2D eigenvalue weighted by molar-refractivity contribution is 1.40. The first-order valence-electron chi connectivity index (χ1n) is 22.3. The zero-order chi connectivity index (χ0) is 44.3. The van der Waals surface area contributed by atoms with Crippen molar-refractivity contribution in [2.75, 3.05) is 0 Å². The third kappa shape index (κ3) is 7.36. The lowest BCUT2D eigenvalue weighted by Crippen LogP contribution is -1.92. The summed E-state index contributed by atoms with van der Waals surface area (Å²) in [7, 11) is 0. The summed E-state index contributed by atoms with van der Waals surface area (Å²) >= 11 is 1.72. The minimum Gasteiger partial charge on any atom is -0.256 e. The van der Waals surface area contributed by atoms with Gasteiger partial charge in [0, 0.05) is 74.1 Å². The van der Waals surface area contributed by atoms with Crippen LogP contribution in [0.5, 0.6) is 0 Å². The van der Waals surface area contributed by atoms with E-state index in [0.29, 0.717) is 0 Å². The molecule has 6 heteroatoms. The molecule has 0 saturated carbocycles. The summed E-state index contributed by atoms with van der Waals surface area (Å²) in [6.45, 7) is 0. The Labute approximate surface area is 390 Å². The zero-order valence-electron chi connectivity index (χ0n) is 36.0. The summed E-state index contributed by atoms with van der Waals surface area (Å²) in [5.74, 6) is 0. The summed E-state index contributed by atoms with van der Waals surface area (Å²) in [5, 5.41) is 5.35. The molecule has 5 nitrogen and oxygen atoms in total. The smallest absolute Gasteiger partial charge is 0.124 e. The highest BCUT2D eigenvalue weighted by molar-refractivity contribution is 7.21. The monoisotopic (exact) mass is 871 g/mol. The van der Waals surface area contributed by atoms with Crippen molar-refractivity contribution in [3.05, 3.63) is 225 Å². The van der Waals surface area contributed by atoms with E-state index >= 15 is 0 Å². The number of benzene rings is 8. The van der Waals surface area contributed by atoms with E-state index in [9.17, 15) is 0 Å². The molecule has 0 spiro atoms. The fourth-order valence-corrected chi connectivity index (χ4v) is 10.2. The van der Waals surface area contributed by atoms with Crippen LogP contribution in [0, 0.1) is 0 Å². The molecule has 0 atom stereocenters. The average Bonchev–Trinajstić information content (AvgIpc) is 3.85. The Morgan fingerprint density at radius 1 is 0.239 bits per heavy atom. The molecule has 312 valence electrons. The molecule has 0 amide bonds. The van der Waals surface area contributed by atoms with Crippen LogP contribution in [0.2, 0.25) is 0 Å². The van der Waals surface area contributed by atoms with Gasteiger partial charge in [-0.1, -0.05) is 84.9 Å². The van der Waals surface area contributed by atoms with Crippen LogP contribution in [-0.4, -0.2) is 24.9 Å². The minimum atomic E-state index is 0.965. The average molecular weight is 872 g/mol. The Bertz CT molecular complexity index is 3630. The Morgan fingerprint density at radius 2 is 0.507 bits per heavy atom. The molecular formula is C61H37N5S. The second-order valence-corrected chi connectivity index (χ2v) is 18.1. The fourth-order valence-electron chi connectivity index (χ4n) is 9.25. The van der Waals surface area contributed by atoms with E-state index in [-0.39, 0.29) is 0 Å². The Balaban J connectivity index is 1.05. The summed E-state index contributed by atoms with van der Waals surface area (Å²) in [4.78, 5) is 24.8. The van der Waals surface area contributed by atoms with Crippen molar-refractivity contribution in [2.24, 2.45) is 0 Å². The van der Waals surface area contributed by atoms with Gasteiger partial charge in [-0.05, 0) is 160 Å². The molecule has 0 N–H and O–H groups in total. The lowest BCUT2D eigenvalue weighted by atomic mass is 9.89. The highest BCUT2D eigenvalue weighted by atomic mass is 32.1. The maximum atomic E-state index is 5.21. The van der Waals surface area contributed by atoms with Gasteiger partial charge in [0.2, 0.25) is 0 Å². The van der Waals surface area contributed by atoms with Crippen LogP contribution in [0.15, 0.2) is 225 Å². The molecule has 0 aliphatic heterocycles. The van der Waals surface area contributed by atoms with Crippen molar-refractivity contribution in [3.63, 3.8) is 0 Å². The van der Waals surface area contributed by atoms with E-state index in [1.165, 1.54) is 0 Å². The number of fused-ring (bicyclic) bond motifs is 5. The number of nitrogens with zero attached hydrogens (tertiary/aromatic N) is 5. The number of pyridine rings is 4. The van der Waals surface area contributed by atoms with Gasteiger partial charge in [-0.25, -0.2) is 4.98 Å². The van der Waals surface area contributed by atoms with E-state index in [2.05, 4.69) is 176 Å². The van der Waals surface area contributed by atoms with Crippen molar-refractivity contribution < 1.29 is 0 Å². The maximum Gasteiger partial charge on any atom is 0.124 e. The highest BCUT2D eigenvalue weighted by Gasteiger charge is 2.17. The molecule has 67 heavy (non-hydrogen) atoms. The first-order valence-corrected chi connectivity index (χ1v) is 23.1. The van der Waals surface area contributed by atoms with Crippen molar-refractivity contribution in [1.29, 1.82) is 0 Å². The van der Waals surface area contributed by atoms with Crippen LogP contribution in [0.25, 0.3) is 131 Å². The Morgan fingerprint density at radius 3 is 0.836 bits per heavy atom. The molecule has 5 heterocycles. The summed E-state index contributed by atoms with van der Waals surface area (Å²) in [5.41, 5.74) is 18.7. The van der Waals surface area contributed by atoms with Crippen molar-refractivity contribution in [1.82, 2.24) is 24.9 Å².